The molecule has 1 saturated heterocycles. The van der Waals surface area contributed by atoms with Gasteiger partial charge in [-0.1, -0.05) is 13.0 Å². The molecular formula is C14H20FNO2. The van der Waals surface area contributed by atoms with Crippen molar-refractivity contribution in [3.05, 3.63) is 29.6 Å². The molecule has 2 rings (SSSR count). The van der Waals surface area contributed by atoms with E-state index in [4.69, 9.17) is 0 Å². The fourth-order valence-corrected chi connectivity index (χ4v) is 2.48. The van der Waals surface area contributed by atoms with E-state index >= 15 is 0 Å². The molecule has 1 aromatic rings. The maximum atomic E-state index is 13.8. The van der Waals surface area contributed by atoms with E-state index in [0.717, 1.165) is 13.0 Å². The number of nitrogens with zero attached hydrogens (tertiary/aromatic N) is 1. The highest BCUT2D eigenvalue weighted by Gasteiger charge is 2.27. The van der Waals surface area contributed by atoms with Crippen LogP contribution in [0.3, 0.4) is 0 Å². The zero-order chi connectivity index (χ0) is 13.3. The highest BCUT2D eigenvalue weighted by atomic mass is 19.1. The van der Waals surface area contributed by atoms with Crippen LogP contribution in [-0.4, -0.2) is 29.4 Å². The van der Waals surface area contributed by atoms with E-state index in [2.05, 4.69) is 0 Å². The van der Waals surface area contributed by atoms with Gasteiger partial charge in [0, 0.05) is 24.3 Å². The summed E-state index contributed by atoms with van der Waals surface area (Å²) in [4.78, 5) is 1.95. The number of halogens is 1. The van der Waals surface area contributed by atoms with E-state index in [9.17, 15) is 14.6 Å². The molecule has 0 aromatic heterocycles. The van der Waals surface area contributed by atoms with Crippen LogP contribution in [0.2, 0.25) is 0 Å². The lowest BCUT2D eigenvalue weighted by Crippen LogP contribution is -2.43. The second kappa shape index (κ2) is 5.24. The average Bonchev–Trinajstić information content (AvgIpc) is 2.32. The van der Waals surface area contributed by atoms with E-state index in [1.54, 1.807) is 19.1 Å². The topological polar surface area (TPSA) is 43.7 Å². The molecule has 18 heavy (non-hydrogen) atoms. The lowest BCUT2D eigenvalue weighted by atomic mass is 9.94. The average molecular weight is 253 g/mol. The first-order chi connectivity index (χ1) is 8.50. The number of piperidine rings is 1. The van der Waals surface area contributed by atoms with Gasteiger partial charge >= 0.3 is 0 Å². The van der Waals surface area contributed by atoms with Crippen LogP contribution < -0.4 is 4.90 Å². The summed E-state index contributed by atoms with van der Waals surface area (Å²) in [5.41, 5.74) is 1.01. The van der Waals surface area contributed by atoms with Crippen LogP contribution in [0.4, 0.5) is 10.1 Å². The lowest BCUT2D eigenvalue weighted by molar-refractivity contribution is 0.102. The Bertz CT molecular complexity index is 422. The molecule has 0 bridgehead atoms. The van der Waals surface area contributed by atoms with Gasteiger partial charge < -0.3 is 15.1 Å². The fourth-order valence-electron chi connectivity index (χ4n) is 2.48. The molecule has 0 amide bonds. The Balaban J connectivity index is 2.31. The van der Waals surface area contributed by atoms with Crippen LogP contribution in [0.1, 0.15) is 31.9 Å². The summed E-state index contributed by atoms with van der Waals surface area (Å²) in [5, 5.41) is 19.6. The Morgan fingerprint density at radius 3 is 2.78 bits per heavy atom. The number of benzene rings is 1. The first kappa shape index (κ1) is 13.3. The lowest BCUT2D eigenvalue weighted by Gasteiger charge is -2.37. The van der Waals surface area contributed by atoms with Gasteiger partial charge in [0.25, 0.3) is 0 Å². The summed E-state index contributed by atoms with van der Waals surface area (Å²) in [6.07, 6.45) is -0.377. The Kier molecular flexibility index (Phi) is 3.88. The monoisotopic (exact) mass is 253 g/mol. The third-order valence-corrected chi connectivity index (χ3v) is 3.71. The molecule has 1 aliphatic rings. The molecule has 2 N–H and O–H groups in total. The third kappa shape index (κ3) is 2.49. The van der Waals surface area contributed by atoms with Gasteiger partial charge in [-0.3, -0.25) is 0 Å². The molecule has 3 atom stereocenters. The van der Waals surface area contributed by atoms with Crippen LogP contribution in [0.25, 0.3) is 0 Å². The maximum Gasteiger partial charge on any atom is 0.131 e. The number of rotatable bonds is 2. The minimum atomic E-state index is -0.849. The van der Waals surface area contributed by atoms with E-state index in [-0.39, 0.29) is 5.92 Å². The molecule has 2 unspecified atom stereocenters. The summed E-state index contributed by atoms with van der Waals surface area (Å²) >= 11 is 0. The Labute approximate surface area is 107 Å². The summed E-state index contributed by atoms with van der Waals surface area (Å²) in [6, 6.07) is 4.79. The Morgan fingerprint density at radius 1 is 1.44 bits per heavy atom. The van der Waals surface area contributed by atoms with Crippen molar-refractivity contribution in [1.29, 1.82) is 0 Å². The molecular weight excluding hydrogens is 233 g/mol. The molecule has 3 nitrogen and oxygen atoms in total. The zero-order valence-electron chi connectivity index (χ0n) is 10.8. The molecule has 0 spiro atoms. The third-order valence-electron chi connectivity index (χ3n) is 3.71. The number of hydrogen-bond donors (Lipinski definition) is 2. The molecule has 1 fully saturated rings. The first-order valence-electron chi connectivity index (χ1n) is 6.40. The van der Waals surface area contributed by atoms with Crippen molar-refractivity contribution in [2.75, 3.05) is 18.0 Å². The SMILES string of the molecule is CC1CCN(c2cccc(F)c2[C@@H](C)O)CC1O. The minimum absolute atomic E-state index is 0.268. The number of β-amino-alcohol motifs (C(OH)–C–C–N with tert-alkyl or cyclic N) is 1. The van der Waals surface area contributed by atoms with Crippen molar-refractivity contribution in [2.24, 2.45) is 5.92 Å². The van der Waals surface area contributed by atoms with Gasteiger partial charge in [-0.25, -0.2) is 4.39 Å². The first-order valence-corrected chi connectivity index (χ1v) is 6.40. The standard InChI is InChI=1S/C14H20FNO2/c1-9-6-7-16(8-13(9)18)12-5-3-4-11(15)14(12)10(2)17/h3-5,9-10,13,17-18H,6-8H2,1-2H3/t9?,10-,13?/m1/s1. The molecule has 1 aromatic carbocycles. The predicted molar refractivity (Wildman–Crippen MR) is 69.0 cm³/mol. The van der Waals surface area contributed by atoms with Gasteiger partial charge in [0.05, 0.1) is 12.2 Å². The van der Waals surface area contributed by atoms with Crippen LogP contribution in [0, 0.1) is 11.7 Å². The van der Waals surface area contributed by atoms with Crippen molar-refractivity contribution in [2.45, 2.75) is 32.5 Å². The van der Waals surface area contributed by atoms with Crippen LogP contribution in [0.5, 0.6) is 0 Å². The maximum absolute atomic E-state index is 13.8. The van der Waals surface area contributed by atoms with Gasteiger partial charge in [-0.2, -0.15) is 0 Å². The summed E-state index contributed by atoms with van der Waals surface area (Å²) in [5.74, 6) is -0.125. The van der Waals surface area contributed by atoms with Crippen LogP contribution >= 0.6 is 0 Å². The number of hydrogen-bond acceptors (Lipinski definition) is 3. The normalized spacial score (nSPS) is 26.2. The largest absolute Gasteiger partial charge is 0.391 e. The zero-order valence-corrected chi connectivity index (χ0v) is 10.8. The van der Waals surface area contributed by atoms with Crippen molar-refractivity contribution in [1.82, 2.24) is 0 Å². The van der Waals surface area contributed by atoms with Gasteiger partial charge in [-0.15, -0.1) is 0 Å². The summed E-state index contributed by atoms with van der Waals surface area (Å²) in [6.45, 7) is 4.85. The van der Waals surface area contributed by atoms with Crippen molar-refractivity contribution < 1.29 is 14.6 Å². The second-order valence-electron chi connectivity index (χ2n) is 5.13. The number of aliphatic hydroxyl groups is 2. The van der Waals surface area contributed by atoms with Crippen LogP contribution in [0.15, 0.2) is 18.2 Å². The van der Waals surface area contributed by atoms with Gasteiger partial charge in [-0.05, 0) is 31.4 Å². The van der Waals surface area contributed by atoms with Crippen molar-refractivity contribution in [3.63, 3.8) is 0 Å². The van der Waals surface area contributed by atoms with E-state index in [0.29, 0.717) is 17.8 Å². The molecule has 1 heterocycles. The molecule has 0 saturated carbocycles. The van der Waals surface area contributed by atoms with Crippen LogP contribution in [-0.2, 0) is 0 Å². The highest BCUT2D eigenvalue weighted by Crippen LogP contribution is 2.31. The molecule has 0 radical (unpaired) electrons. The summed E-state index contributed by atoms with van der Waals surface area (Å²) in [7, 11) is 0. The Hall–Kier alpha value is -1.13. The molecule has 0 aliphatic carbocycles. The summed E-state index contributed by atoms with van der Waals surface area (Å²) < 4.78 is 13.8. The van der Waals surface area contributed by atoms with Crippen molar-refractivity contribution in [3.8, 4) is 0 Å². The molecule has 100 valence electrons. The second-order valence-corrected chi connectivity index (χ2v) is 5.13. The predicted octanol–water partition coefficient (Wildman–Crippen LogP) is 2.09. The highest BCUT2D eigenvalue weighted by molar-refractivity contribution is 5.55. The number of aliphatic hydroxyl groups excluding tert-OH is 2. The van der Waals surface area contributed by atoms with Gasteiger partial charge in [0.15, 0.2) is 0 Å². The van der Waals surface area contributed by atoms with Gasteiger partial charge in [0.2, 0.25) is 0 Å². The smallest absolute Gasteiger partial charge is 0.131 e. The van der Waals surface area contributed by atoms with E-state index < -0.39 is 18.0 Å². The van der Waals surface area contributed by atoms with Gasteiger partial charge in [0.1, 0.15) is 5.82 Å². The number of anilines is 1. The fraction of sp³-hybridized carbons (Fsp3) is 0.571. The van der Waals surface area contributed by atoms with E-state index in [1.807, 2.05) is 11.8 Å². The van der Waals surface area contributed by atoms with Crippen molar-refractivity contribution >= 4 is 5.69 Å². The molecule has 1 aliphatic heterocycles. The Morgan fingerprint density at radius 2 is 2.17 bits per heavy atom. The van der Waals surface area contributed by atoms with E-state index in [1.165, 1.54) is 6.07 Å². The molecule has 4 heteroatoms. The minimum Gasteiger partial charge on any atom is -0.391 e. The quantitative estimate of drug-likeness (QED) is 0.848.